The first kappa shape index (κ1) is 10.8. The third-order valence-corrected chi connectivity index (χ3v) is 3.65. The second-order valence-corrected chi connectivity index (χ2v) is 4.75. The Morgan fingerprint density at radius 1 is 1.35 bits per heavy atom. The molecule has 0 bridgehead atoms. The summed E-state index contributed by atoms with van der Waals surface area (Å²) in [7, 11) is 0. The normalized spacial score (nSPS) is 19.5. The van der Waals surface area contributed by atoms with Gasteiger partial charge in [-0.2, -0.15) is 0 Å². The summed E-state index contributed by atoms with van der Waals surface area (Å²) in [5.74, 6) is 0. The predicted octanol–water partition coefficient (Wildman–Crippen LogP) is 2.09. The fraction of sp³-hybridized carbons (Fsp3) is 0.429. The number of nitrogens with one attached hydrogen (secondary N) is 2. The van der Waals surface area contributed by atoms with Gasteiger partial charge in [0, 0.05) is 35.7 Å². The lowest BCUT2D eigenvalue weighted by molar-refractivity contribution is 0.459. The van der Waals surface area contributed by atoms with Crippen LogP contribution in [0, 0.1) is 0 Å². The van der Waals surface area contributed by atoms with Crippen molar-refractivity contribution >= 4 is 10.9 Å². The van der Waals surface area contributed by atoms with Crippen molar-refractivity contribution in [3.05, 3.63) is 35.5 Å². The van der Waals surface area contributed by atoms with E-state index in [0.717, 1.165) is 6.54 Å². The van der Waals surface area contributed by atoms with E-state index in [1.54, 1.807) is 0 Å². The minimum atomic E-state index is 0.453. The van der Waals surface area contributed by atoms with Gasteiger partial charge in [0.05, 0.1) is 0 Å². The summed E-state index contributed by atoms with van der Waals surface area (Å²) in [5, 5.41) is 4.92. The summed E-state index contributed by atoms with van der Waals surface area (Å²) in [4.78, 5) is 3.57. The number of aromatic nitrogens is 1. The lowest BCUT2D eigenvalue weighted by Gasteiger charge is -2.23. The van der Waals surface area contributed by atoms with Crippen LogP contribution in [-0.2, 0) is 6.42 Å². The number of hydrogen-bond donors (Lipinski definition) is 3. The average Bonchev–Trinajstić information content (AvgIpc) is 2.75. The first-order valence-corrected chi connectivity index (χ1v) is 6.43. The number of aryl methyl sites for hydroxylation is 1. The number of para-hydroxylation sites is 1. The molecule has 0 saturated heterocycles. The van der Waals surface area contributed by atoms with Gasteiger partial charge in [0.25, 0.3) is 0 Å². The van der Waals surface area contributed by atoms with Crippen molar-refractivity contribution in [3.8, 4) is 0 Å². The fourth-order valence-corrected chi connectivity index (χ4v) is 2.88. The maximum absolute atomic E-state index is 5.57. The van der Waals surface area contributed by atoms with E-state index >= 15 is 0 Å². The molecule has 0 saturated carbocycles. The Morgan fingerprint density at radius 2 is 2.24 bits per heavy atom. The lowest BCUT2D eigenvalue weighted by Crippen LogP contribution is -2.29. The van der Waals surface area contributed by atoms with Crippen molar-refractivity contribution in [3.63, 3.8) is 0 Å². The van der Waals surface area contributed by atoms with Crippen molar-refractivity contribution < 1.29 is 0 Å². The van der Waals surface area contributed by atoms with Crippen molar-refractivity contribution in [1.82, 2.24) is 10.3 Å². The molecule has 0 spiro atoms. The molecule has 3 nitrogen and oxygen atoms in total. The SMILES string of the molecule is NCCN[C@H]1CCCc2c1[nH]c1ccccc21. The Bertz CT molecular complexity index is 515. The van der Waals surface area contributed by atoms with Crippen LogP contribution in [-0.4, -0.2) is 18.1 Å². The van der Waals surface area contributed by atoms with Crippen molar-refractivity contribution in [2.75, 3.05) is 13.1 Å². The Labute approximate surface area is 101 Å². The number of H-pyrrole nitrogens is 1. The van der Waals surface area contributed by atoms with E-state index in [-0.39, 0.29) is 0 Å². The number of benzene rings is 1. The van der Waals surface area contributed by atoms with Gasteiger partial charge in [0.1, 0.15) is 0 Å². The molecule has 4 N–H and O–H groups in total. The largest absolute Gasteiger partial charge is 0.357 e. The maximum Gasteiger partial charge on any atom is 0.0476 e. The van der Waals surface area contributed by atoms with Gasteiger partial charge in [0.15, 0.2) is 0 Å². The number of nitrogens with two attached hydrogens (primary N) is 1. The van der Waals surface area contributed by atoms with Gasteiger partial charge >= 0.3 is 0 Å². The van der Waals surface area contributed by atoms with Crippen molar-refractivity contribution in [2.24, 2.45) is 5.73 Å². The van der Waals surface area contributed by atoms with E-state index in [1.807, 2.05) is 0 Å². The minimum Gasteiger partial charge on any atom is -0.357 e. The molecular formula is C14H19N3. The summed E-state index contributed by atoms with van der Waals surface area (Å²) < 4.78 is 0. The van der Waals surface area contributed by atoms with Gasteiger partial charge in [0.2, 0.25) is 0 Å². The Hall–Kier alpha value is -1.32. The zero-order valence-electron chi connectivity index (χ0n) is 10.00. The lowest BCUT2D eigenvalue weighted by atomic mass is 9.92. The molecule has 0 fully saturated rings. The van der Waals surface area contributed by atoms with Crippen LogP contribution in [0.1, 0.15) is 30.1 Å². The number of aromatic amines is 1. The molecule has 1 atom stereocenters. The molecule has 1 aromatic carbocycles. The van der Waals surface area contributed by atoms with Gasteiger partial charge < -0.3 is 16.0 Å². The van der Waals surface area contributed by atoms with Crippen LogP contribution in [0.5, 0.6) is 0 Å². The van der Waals surface area contributed by atoms with E-state index in [9.17, 15) is 0 Å². The summed E-state index contributed by atoms with van der Waals surface area (Å²) in [6.07, 6.45) is 3.66. The van der Waals surface area contributed by atoms with Crippen LogP contribution >= 0.6 is 0 Å². The smallest absolute Gasteiger partial charge is 0.0476 e. The van der Waals surface area contributed by atoms with Crippen LogP contribution < -0.4 is 11.1 Å². The van der Waals surface area contributed by atoms with Gasteiger partial charge in [-0.3, -0.25) is 0 Å². The molecular weight excluding hydrogens is 210 g/mol. The zero-order valence-corrected chi connectivity index (χ0v) is 10.00. The highest BCUT2D eigenvalue weighted by Gasteiger charge is 2.23. The molecule has 3 rings (SSSR count). The summed E-state index contributed by atoms with van der Waals surface area (Å²) in [5.41, 5.74) is 9.71. The highest BCUT2D eigenvalue weighted by Crippen LogP contribution is 2.34. The highest BCUT2D eigenvalue weighted by molar-refractivity contribution is 5.85. The third-order valence-electron chi connectivity index (χ3n) is 3.65. The minimum absolute atomic E-state index is 0.453. The zero-order chi connectivity index (χ0) is 11.7. The van der Waals surface area contributed by atoms with Crippen LogP contribution in [0.4, 0.5) is 0 Å². The van der Waals surface area contributed by atoms with E-state index in [0.29, 0.717) is 12.6 Å². The second-order valence-electron chi connectivity index (χ2n) is 4.75. The summed E-state index contributed by atoms with van der Waals surface area (Å²) >= 11 is 0. The standard InChI is InChI=1S/C14H19N3/c15-8-9-16-13-7-3-5-11-10-4-1-2-6-12(10)17-14(11)13/h1-2,4,6,13,16-17H,3,5,7-9,15H2/t13-/m0/s1. The summed E-state index contributed by atoms with van der Waals surface area (Å²) in [6, 6.07) is 9.04. The van der Waals surface area contributed by atoms with Gasteiger partial charge in [-0.05, 0) is 30.9 Å². The van der Waals surface area contributed by atoms with Crippen LogP contribution in [0.3, 0.4) is 0 Å². The van der Waals surface area contributed by atoms with Crippen molar-refractivity contribution in [1.29, 1.82) is 0 Å². The number of rotatable bonds is 3. The van der Waals surface area contributed by atoms with Gasteiger partial charge in [-0.1, -0.05) is 18.2 Å². The van der Waals surface area contributed by atoms with Crippen LogP contribution in [0.25, 0.3) is 10.9 Å². The van der Waals surface area contributed by atoms with E-state index in [1.165, 1.54) is 41.4 Å². The first-order valence-electron chi connectivity index (χ1n) is 6.43. The van der Waals surface area contributed by atoms with E-state index in [4.69, 9.17) is 5.73 Å². The number of fused-ring (bicyclic) bond motifs is 3. The second kappa shape index (κ2) is 4.51. The van der Waals surface area contributed by atoms with Crippen molar-refractivity contribution in [2.45, 2.75) is 25.3 Å². The summed E-state index contributed by atoms with van der Waals surface area (Å²) in [6.45, 7) is 1.59. The molecule has 0 amide bonds. The molecule has 3 heteroatoms. The molecule has 1 aliphatic rings. The molecule has 0 aliphatic heterocycles. The Balaban J connectivity index is 2.02. The predicted molar refractivity (Wildman–Crippen MR) is 71.0 cm³/mol. The third kappa shape index (κ3) is 1.85. The molecule has 17 heavy (non-hydrogen) atoms. The first-order chi connectivity index (χ1) is 8.40. The Kier molecular flexibility index (Phi) is 2.87. The fourth-order valence-electron chi connectivity index (χ4n) is 2.88. The maximum atomic E-state index is 5.57. The average molecular weight is 229 g/mol. The number of hydrogen-bond acceptors (Lipinski definition) is 2. The molecule has 0 unspecified atom stereocenters. The van der Waals surface area contributed by atoms with Crippen LogP contribution in [0.2, 0.25) is 0 Å². The van der Waals surface area contributed by atoms with E-state index < -0.39 is 0 Å². The van der Waals surface area contributed by atoms with Gasteiger partial charge in [-0.25, -0.2) is 0 Å². The Morgan fingerprint density at radius 3 is 3.12 bits per heavy atom. The molecule has 2 aromatic rings. The molecule has 1 aromatic heterocycles. The van der Waals surface area contributed by atoms with Gasteiger partial charge in [-0.15, -0.1) is 0 Å². The molecule has 90 valence electrons. The highest BCUT2D eigenvalue weighted by atomic mass is 15.0. The van der Waals surface area contributed by atoms with E-state index in [2.05, 4.69) is 34.6 Å². The topological polar surface area (TPSA) is 53.8 Å². The molecule has 0 radical (unpaired) electrons. The molecule has 1 heterocycles. The van der Waals surface area contributed by atoms with Crippen LogP contribution in [0.15, 0.2) is 24.3 Å². The monoisotopic (exact) mass is 229 g/mol. The molecule has 1 aliphatic carbocycles. The quantitative estimate of drug-likeness (QED) is 0.755.